The van der Waals surface area contributed by atoms with E-state index in [1.54, 1.807) is 27.7 Å². The maximum atomic E-state index is 12.9. The van der Waals surface area contributed by atoms with Crippen LogP contribution in [0.4, 0.5) is 5.95 Å². The molecule has 2 aliphatic rings. The highest BCUT2D eigenvalue weighted by Gasteiger charge is 2.61. The van der Waals surface area contributed by atoms with Crippen LogP contribution in [0, 0.1) is 5.41 Å². The number of rotatable bonds is 9. The molecule has 4 rings (SSSR count). The lowest BCUT2D eigenvalue weighted by molar-refractivity contribution is -0.148. The SMILES string of the molecule is CC(C)OC(=O)CCNC(=O)[C@@H]1O[P+](O)(OC[C@H]2O[C@@H](n3cnc4c(Cl)nc(N)nc43)[C@](C)(O)[C@@H]2O)OCC1(C)C. The van der Waals surface area contributed by atoms with Gasteiger partial charge in [0.2, 0.25) is 5.95 Å². The van der Waals surface area contributed by atoms with E-state index in [0.29, 0.717) is 0 Å². The average Bonchev–Trinajstić information content (AvgIpc) is 3.37. The van der Waals surface area contributed by atoms with Crippen molar-refractivity contribution < 1.29 is 47.7 Å². The van der Waals surface area contributed by atoms with E-state index >= 15 is 0 Å². The molecule has 18 heteroatoms. The fourth-order valence-corrected chi connectivity index (χ4v) is 6.31. The van der Waals surface area contributed by atoms with Gasteiger partial charge in [0.1, 0.15) is 36.5 Å². The predicted molar refractivity (Wildman–Crippen MR) is 144 cm³/mol. The van der Waals surface area contributed by atoms with E-state index < -0.39 is 62.2 Å². The highest BCUT2D eigenvalue weighted by Crippen LogP contribution is 2.64. The molecular formula is C23H35ClN6O10P+. The fraction of sp³-hybridized carbons (Fsp3) is 0.696. The van der Waals surface area contributed by atoms with E-state index in [0.717, 1.165) is 0 Å². The van der Waals surface area contributed by atoms with Gasteiger partial charge in [-0.3, -0.25) is 14.2 Å². The first kappa shape index (κ1) is 31.7. The van der Waals surface area contributed by atoms with Crippen LogP contribution < -0.4 is 11.1 Å². The average molecular weight is 622 g/mol. The molecule has 1 amide bonds. The van der Waals surface area contributed by atoms with Gasteiger partial charge >= 0.3 is 14.1 Å². The van der Waals surface area contributed by atoms with Gasteiger partial charge in [-0.25, -0.2) is 4.98 Å². The van der Waals surface area contributed by atoms with E-state index in [1.807, 2.05) is 0 Å². The smallest absolute Gasteiger partial charge is 0.463 e. The summed E-state index contributed by atoms with van der Waals surface area (Å²) in [5.41, 5.74) is 3.36. The molecular weight excluding hydrogens is 587 g/mol. The molecule has 2 aromatic rings. The van der Waals surface area contributed by atoms with Gasteiger partial charge in [0, 0.05) is 12.0 Å². The molecule has 0 aliphatic carbocycles. The molecule has 1 unspecified atom stereocenters. The highest BCUT2D eigenvalue weighted by atomic mass is 35.5. The summed E-state index contributed by atoms with van der Waals surface area (Å²) in [6.07, 6.45) is -4.08. The monoisotopic (exact) mass is 621 g/mol. The number of carbonyl (C=O) groups excluding carboxylic acids is 2. The maximum Gasteiger partial charge on any atom is 0.573 e. The molecule has 2 saturated heterocycles. The van der Waals surface area contributed by atoms with Crippen LogP contribution in [-0.2, 0) is 32.6 Å². The predicted octanol–water partition coefficient (Wildman–Crippen LogP) is 0.657. The van der Waals surface area contributed by atoms with Crippen molar-refractivity contribution in [2.75, 3.05) is 25.5 Å². The molecule has 2 aliphatic heterocycles. The van der Waals surface area contributed by atoms with Crippen molar-refractivity contribution in [3.63, 3.8) is 0 Å². The summed E-state index contributed by atoms with van der Waals surface area (Å²) in [5.74, 6) is -1.17. The normalized spacial score (nSPS) is 31.5. The summed E-state index contributed by atoms with van der Waals surface area (Å²) >= 11 is 6.10. The lowest BCUT2D eigenvalue weighted by atomic mass is 9.87. The minimum absolute atomic E-state index is 0.0000500. The van der Waals surface area contributed by atoms with Crippen LogP contribution in [0.5, 0.6) is 0 Å². The number of nitrogen functional groups attached to an aromatic ring is 1. The summed E-state index contributed by atoms with van der Waals surface area (Å²) < 4.78 is 29.0. The Bertz CT molecular complexity index is 1300. The number of aliphatic hydroxyl groups excluding tert-OH is 1. The third kappa shape index (κ3) is 6.71. The van der Waals surface area contributed by atoms with Gasteiger partial charge in [-0.15, -0.1) is 4.52 Å². The number of esters is 1. The summed E-state index contributed by atoms with van der Waals surface area (Å²) in [7, 11) is -4.08. The second kappa shape index (κ2) is 11.8. The molecule has 4 heterocycles. The molecule has 2 fully saturated rings. The number of aromatic nitrogens is 4. The standard InChI is InChI=1S/C23H34ClN6O10P/c1-11(2)38-13(31)6-7-26-19(33)16-22(3,4)9-37-41(35,40-16)36-8-12-15(32)23(5,34)20(39-12)30-10-27-14-17(24)28-21(25)29-18(14)30/h10-12,15-16,20,32,34-35H,6-9H2,1-5H3,(H2-,25,26,28,29,33)/p+1/t12-,15-,16+,20-,23-,41?/m1/s1. The number of nitrogens with two attached hydrogens (primary N) is 1. The van der Waals surface area contributed by atoms with Crippen molar-refractivity contribution in [3.8, 4) is 0 Å². The zero-order valence-corrected chi connectivity index (χ0v) is 24.8. The molecule has 2 aromatic heterocycles. The zero-order chi connectivity index (χ0) is 30.3. The Kier molecular flexibility index (Phi) is 9.10. The van der Waals surface area contributed by atoms with E-state index in [1.165, 1.54) is 17.8 Å². The number of amides is 1. The van der Waals surface area contributed by atoms with E-state index in [4.69, 9.17) is 40.4 Å². The number of nitrogens with one attached hydrogen (secondary N) is 1. The number of ether oxygens (including phenoxy) is 2. The first-order chi connectivity index (χ1) is 19.0. The van der Waals surface area contributed by atoms with Crippen LogP contribution in [-0.4, -0.2) is 96.3 Å². The number of imidazole rings is 1. The molecule has 0 saturated carbocycles. The number of aliphatic hydroxyl groups is 2. The van der Waals surface area contributed by atoms with Crippen LogP contribution in [0.25, 0.3) is 11.2 Å². The van der Waals surface area contributed by atoms with Gasteiger partial charge in [0.25, 0.3) is 5.91 Å². The molecule has 6 N–H and O–H groups in total. The third-order valence-electron chi connectivity index (χ3n) is 6.59. The van der Waals surface area contributed by atoms with Crippen molar-refractivity contribution in [2.24, 2.45) is 5.41 Å². The van der Waals surface area contributed by atoms with Gasteiger partial charge in [-0.05, 0) is 20.8 Å². The summed E-state index contributed by atoms with van der Waals surface area (Å²) in [6, 6.07) is 0. The number of halogens is 1. The van der Waals surface area contributed by atoms with E-state index in [-0.39, 0.29) is 47.9 Å². The lowest BCUT2D eigenvalue weighted by Crippen LogP contribution is -2.51. The third-order valence-corrected chi connectivity index (χ3v) is 8.26. The Morgan fingerprint density at radius 1 is 1.34 bits per heavy atom. The Balaban J connectivity index is 1.41. The highest BCUT2D eigenvalue weighted by molar-refractivity contribution is 7.55. The topological polar surface area (TPSA) is 223 Å². The van der Waals surface area contributed by atoms with Crippen LogP contribution in [0.2, 0.25) is 5.15 Å². The minimum atomic E-state index is -4.08. The van der Waals surface area contributed by atoms with Crippen LogP contribution in [0.1, 0.15) is 47.3 Å². The van der Waals surface area contributed by atoms with Crippen LogP contribution >= 0.6 is 19.8 Å². The van der Waals surface area contributed by atoms with Gasteiger partial charge in [-0.1, -0.05) is 25.4 Å². The Morgan fingerprint density at radius 2 is 2.05 bits per heavy atom. The van der Waals surface area contributed by atoms with Crippen molar-refractivity contribution in [2.45, 2.75) is 77.3 Å². The van der Waals surface area contributed by atoms with Crippen molar-refractivity contribution in [1.82, 2.24) is 24.8 Å². The number of nitrogens with zero attached hydrogens (tertiary/aromatic N) is 4. The summed E-state index contributed by atoms with van der Waals surface area (Å²) in [4.78, 5) is 47.8. The van der Waals surface area contributed by atoms with Gasteiger partial charge in [0.15, 0.2) is 23.1 Å². The number of hydrogen-bond acceptors (Lipinski definition) is 14. The second-order valence-corrected chi connectivity index (χ2v) is 13.0. The number of anilines is 1. The number of fused-ring (bicyclic) bond motifs is 1. The van der Waals surface area contributed by atoms with E-state index in [2.05, 4.69) is 20.3 Å². The molecule has 0 radical (unpaired) electrons. The molecule has 41 heavy (non-hydrogen) atoms. The molecule has 0 spiro atoms. The minimum Gasteiger partial charge on any atom is -0.463 e. The summed E-state index contributed by atoms with van der Waals surface area (Å²) in [5, 5.41) is 24.6. The van der Waals surface area contributed by atoms with Crippen molar-refractivity contribution in [3.05, 3.63) is 11.5 Å². The second-order valence-electron chi connectivity index (χ2n) is 11.0. The summed E-state index contributed by atoms with van der Waals surface area (Å²) in [6.45, 7) is 7.63. The molecule has 228 valence electrons. The number of hydrogen-bond donors (Lipinski definition) is 5. The fourth-order valence-electron chi connectivity index (χ4n) is 4.42. The molecule has 16 nitrogen and oxygen atoms in total. The number of carbonyl (C=O) groups is 2. The van der Waals surface area contributed by atoms with E-state index in [9.17, 15) is 24.7 Å². The molecule has 6 atom stereocenters. The lowest BCUT2D eigenvalue weighted by Gasteiger charge is -2.36. The van der Waals surface area contributed by atoms with Crippen LogP contribution in [0.3, 0.4) is 0 Å². The Labute approximate surface area is 241 Å². The maximum absolute atomic E-state index is 12.9. The molecule has 0 aromatic carbocycles. The Morgan fingerprint density at radius 3 is 2.73 bits per heavy atom. The molecule has 0 bridgehead atoms. The largest absolute Gasteiger partial charge is 0.573 e. The zero-order valence-electron chi connectivity index (χ0n) is 23.2. The Hall–Kier alpha value is -2.27. The van der Waals surface area contributed by atoms with Crippen LogP contribution in [0.15, 0.2) is 6.33 Å². The quantitative estimate of drug-likeness (QED) is 0.147. The van der Waals surface area contributed by atoms with Crippen molar-refractivity contribution in [1.29, 1.82) is 0 Å². The van der Waals surface area contributed by atoms with Gasteiger partial charge < -0.3 is 30.7 Å². The van der Waals surface area contributed by atoms with Crippen molar-refractivity contribution >= 4 is 48.8 Å². The first-order valence-corrected chi connectivity index (χ1v) is 14.7. The van der Waals surface area contributed by atoms with Gasteiger partial charge in [-0.2, -0.15) is 23.9 Å². The first-order valence-electron chi connectivity index (χ1n) is 12.8. The van der Waals surface area contributed by atoms with Gasteiger partial charge in [0.05, 0.1) is 18.9 Å².